The lowest BCUT2D eigenvalue weighted by Crippen LogP contribution is -2.58. The molecular formula is C20H31N3O3S. The summed E-state index contributed by atoms with van der Waals surface area (Å²) in [6, 6.07) is 9.94. The minimum absolute atomic E-state index is 0.0304. The Morgan fingerprint density at radius 3 is 2.52 bits per heavy atom. The molecule has 2 heterocycles. The molecule has 2 atom stereocenters. The standard InChI is InChI=1S/C20H31N3O3S/c1-3-27(25,26)23-13-10-20(11-14-23,17-7-5-4-6-8-17)19(24)22-18-15-21-12-9-16(18)2/h4-8,16,18,21H,3,9-15H2,1-2H3,(H,22,24). The predicted molar refractivity (Wildman–Crippen MR) is 107 cm³/mol. The summed E-state index contributed by atoms with van der Waals surface area (Å²) in [7, 11) is -3.22. The van der Waals surface area contributed by atoms with Gasteiger partial charge >= 0.3 is 0 Å². The fourth-order valence-corrected chi connectivity index (χ4v) is 5.33. The van der Waals surface area contributed by atoms with Gasteiger partial charge in [0.25, 0.3) is 0 Å². The molecule has 7 heteroatoms. The Morgan fingerprint density at radius 1 is 1.26 bits per heavy atom. The average Bonchev–Trinajstić information content (AvgIpc) is 2.70. The van der Waals surface area contributed by atoms with Crippen LogP contribution in [0.2, 0.25) is 0 Å². The summed E-state index contributed by atoms with van der Waals surface area (Å²) in [4.78, 5) is 13.5. The number of piperidine rings is 2. The molecule has 0 bridgehead atoms. The predicted octanol–water partition coefficient (Wildman–Crippen LogP) is 1.48. The van der Waals surface area contributed by atoms with Crippen molar-refractivity contribution in [3.63, 3.8) is 0 Å². The topological polar surface area (TPSA) is 78.5 Å². The number of sulfonamides is 1. The van der Waals surface area contributed by atoms with E-state index in [0.717, 1.165) is 25.1 Å². The van der Waals surface area contributed by atoms with Gasteiger partial charge in [0.15, 0.2) is 0 Å². The van der Waals surface area contributed by atoms with Crippen LogP contribution < -0.4 is 10.6 Å². The van der Waals surface area contributed by atoms with Crippen molar-refractivity contribution in [2.75, 3.05) is 31.9 Å². The molecule has 1 aromatic rings. The Kier molecular flexibility index (Phi) is 6.23. The van der Waals surface area contributed by atoms with E-state index < -0.39 is 15.4 Å². The second-order valence-electron chi connectivity index (χ2n) is 7.80. The molecule has 1 aromatic carbocycles. The van der Waals surface area contributed by atoms with Crippen molar-refractivity contribution in [2.45, 2.75) is 44.6 Å². The first-order valence-electron chi connectivity index (χ1n) is 9.94. The fourth-order valence-electron chi connectivity index (χ4n) is 4.22. The molecule has 2 unspecified atom stereocenters. The Labute approximate surface area is 162 Å². The highest BCUT2D eigenvalue weighted by Gasteiger charge is 2.45. The third-order valence-electron chi connectivity index (χ3n) is 6.24. The van der Waals surface area contributed by atoms with E-state index in [4.69, 9.17) is 0 Å². The zero-order chi connectivity index (χ0) is 19.5. The highest BCUT2D eigenvalue weighted by Crippen LogP contribution is 2.37. The first kappa shape index (κ1) is 20.3. The number of benzene rings is 1. The van der Waals surface area contributed by atoms with Crippen LogP contribution in [0.25, 0.3) is 0 Å². The molecule has 0 aliphatic carbocycles. The number of carbonyl (C=O) groups is 1. The van der Waals surface area contributed by atoms with Crippen LogP contribution in [0.5, 0.6) is 0 Å². The smallest absolute Gasteiger partial charge is 0.231 e. The maximum absolute atomic E-state index is 13.5. The molecule has 150 valence electrons. The van der Waals surface area contributed by atoms with E-state index in [2.05, 4.69) is 17.6 Å². The Bertz CT molecular complexity index is 743. The van der Waals surface area contributed by atoms with Crippen molar-refractivity contribution in [2.24, 2.45) is 5.92 Å². The maximum atomic E-state index is 13.5. The van der Waals surface area contributed by atoms with E-state index >= 15 is 0 Å². The number of carbonyl (C=O) groups excluding carboxylic acids is 1. The van der Waals surface area contributed by atoms with E-state index in [1.54, 1.807) is 6.92 Å². The van der Waals surface area contributed by atoms with Gasteiger partial charge in [0, 0.05) is 25.7 Å². The monoisotopic (exact) mass is 393 g/mol. The molecule has 6 nitrogen and oxygen atoms in total. The zero-order valence-electron chi connectivity index (χ0n) is 16.3. The van der Waals surface area contributed by atoms with Crippen LogP contribution in [0.4, 0.5) is 0 Å². The minimum Gasteiger partial charge on any atom is -0.351 e. The minimum atomic E-state index is -3.22. The molecule has 27 heavy (non-hydrogen) atoms. The van der Waals surface area contributed by atoms with Crippen LogP contribution in [0.3, 0.4) is 0 Å². The highest BCUT2D eigenvalue weighted by molar-refractivity contribution is 7.89. The summed E-state index contributed by atoms with van der Waals surface area (Å²) in [6.07, 6.45) is 2.07. The Morgan fingerprint density at radius 2 is 1.93 bits per heavy atom. The van der Waals surface area contributed by atoms with Crippen LogP contribution >= 0.6 is 0 Å². The number of hydrogen-bond donors (Lipinski definition) is 2. The molecule has 0 spiro atoms. The highest BCUT2D eigenvalue weighted by atomic mass is 32.2. The SMILES string of the molecule is CCS(=O)(=O)N1CCC(C(=O)NC2CNCCC2C)(c2ccccc2)CC1. The molecular weight excluding hydrogens is 362 g/mol. The molecule has 2 N–H and O–H groups in total. The molecule has 0 aromatic heterocycles. The summed E-state index contributed by atoms with van der Waals surface area (Å²) < 4.78 is 26.0. The molecule has 2 fully saturated rings. The Balaban J connectivity index is 1.83. The summed E-state index contributed by atoms with van der Waals surface area (Å²) in [5.74, 6) is 0.564. The first-order valence-corrected chi connectivity index (χ1v) is 11.5. The number of amides is 1. The van der Waals surface area contributed by atoms with Crippen molar-refractivity contribution in [3.05, 3.63) is 35.9 Å². The number of hydrogen-bond acceptors (Lipinski definition) is 4. The lowest BCUT2D eigenvalue weighted by Gasteiger charge is -2.42. The summed E-state index contributed by atoms with van der Waals surface area (Å²) in [5, 5.41) is 6.63. The number of nitrogens with one attached hydrogen (secondary N) is 2. The quantitative estimate of drug-likeness (QED) is 0.794. The van der Waals surface area contributed by atoms with Gasteiger partial charge in [-0.25, -0.2) is 12.7 Å². The van der Waals surface area contributed by atoms with Crippen molar-refractivity contribution >= 4 is 15.9 Å². The molecule has 2 aliphatic heterocycles. The van der Waals surface area contributed by atoms with E-state index in [1.165, 1.54) is 4.31 Å². The molecule has 0 saturated carbocycles. The van der Waals surface area contributed by atoms with Crippen LogP contribution in [0, 0.1) is 5.92 Å². The average molecular weight is 394 g/mol. The Hall–Kier alpha value is -1.44. The van der Waals surface area contributed by atoms with Crippen LogP contribution in [-0.2, 0) is 20.2 Å². The normalized spacial score (nSPS) is 26.4. The third kappa shape index (κ3) is 4.20. The van der Waals surface area contributed by atoms with E-state index in [1.807, 2.05) is 30.3 Å². The van der Waals surface area contributed by atoms with E-state index in [-0.39, 0.29) is 17.7 Å². The second-order valence-corrected chi connectivity index (χ2v) is 10.1. The van der Waals surface area contributed by atoms with Gasteiger partial charge in [0.2, 0.25) is 15.9 Å². The molecule has 1 amide bonds. The van der Waals surface area contributed by atoms with Crippen molar-refractivity contribution in [1.29, 1.82) is 0 Å². The third-order valence-corrected chi connectivity index (χ3v) is 8.12. The van der Waals surface area contributed by atoms with Gasteiger partial charge in [-0.3, -0.25) is 4.79 Å². The second kappa shape index (κ2) is 8.29. The largest absolute Gasteiger partial charge is 0.351 e. The van der Waals surface area contributed by atoms with Crippen LogP contribution in [0.15, 0.2) is 30.3 Å². The van der Waals surface area contributed by atoms with Crippen LogP contribution in [-0.4, -0.2) is 56.6 Å². The van der Waals surface area contributed by atoms with Crippen molar-refractivity contribution in [1.82, 2.24) is 14.9 Å². The lowest BCUT2D eigenvalue weighted by molar-refractivity contribution is -0.129. The van der Waals surface area contributed by atoms with Gasteiger partial charge in [-0.15, -0.1) is 0 Å². The van der Waals surface area contributed by atoms with Gasteiger partial charge in [0.05, 0.1) is 11.2 Å². The first-order chi connectivity index (χ1) is 12.9. The fraction of sp³-hybridized carbons (Fsp3) is 0.650. The number of rotatable bonds is 5. The molecule has 3 rings (SSSR count). The molecule has 2 saturated heterocycles. The zero-order valence-corrected chi connectivity index (χ0v) is 17.1. The summed E-state index contributed by atoms with van der Waals surface area (Å²) in [5.41, 5.74) is 0.311. The maximum Gasteiger partial charge on any atom is 0.231 e. The summed E-state index contributed by atoms with van der Waals surface area (Å²) >= 11 is 0. The molecule has 0 radical (unpaired) electrons. The van der Waals surface area contributed by atoms with Gasteiger partial charge in [-0.2, -0.15) is 0 Å². The number of nitrogens with zero attached hydrogens (tertiary/aromatic N) is 1. The van der Waals surface area contributed by atoms with Crippen molar-refractivity contribution in [3.8, 4) is 0 Å². The van der Waals surface area contributed by atoms with Gasteiger partial charge < -0.3 is 10.6 Å². The van der Waals surface area contributed by atoms with Gasteiger partial charge in [-0.05, 0) is 44.2 Å². The summed E-state index contributed by atoms with van der Waals surface area (Å²) in [6.45, 7) is 6.39. The van der Waals surface area contributed by atoms with Gasteiger partial charge in [-0.1, -0.05) is 37.3 Å². The lowest BCUT2D eigenvalue weighted by atomic mass is 9.72. The van der Waals surface area contributed by atoms with Crippen molar-refractivity contribution < 1.29 is 13.2 Å². The van der Waals surface area contributed by atoms with Crippen LogP contribution in [0.1, 0.15) is 38.7 Å². The van der Waals surface area contributed by atoms with E-state index in [9.17, 15) is 13.2 Å². The van der Waals surface area contributed by atoms with E-state index in [0.29, 0.717) is 31.8 Å². The van der Waals surface area contributed by atoms with Gasteiger partial charge in [0.1, 0.15) is 0 Å². The molecule has 2 aliphatic rings.